The smallest absolute Gasteiger partial charge is 0.356 e. The molecule has 0 aromatic carbocycles. The van der Waals surface area contributed by atoms with Crippen LogP contribution in [0.4, 0.5) is 0 Å². The van der Waals surface area contributed by atoms with E-state index in [9.17, 15) is 4.79 Å². The highest BCUT2D eigenvalue weighted by Gasteiger charge is 2.12. The summed E-state index contributed by atoms with van der Waals surface area (Å²) in [6.45, 7) is 5.43. The van der Waals surface area contributed by atoms with Gasteiger partial charge in [-0.2, -0.15) is 5.10 Å². The van der Waals surface area contributed by atoms with Gasteiger partial charge in [0.15, 0.2) is 11.5 Å². The second-order valence-corrected chi connectivity index (χ2v) is 3.80. The number of aromatic nitrogens is 4. The van der Waals surface area contributed by atoms with E-state index in [1.807, 2.05) is 6.92 Å². The SMILES string of the molecule is Cc1cc(-n2nc(C(=O)O)cc2C)nc(C)n1. The molecule has 6 nitrogen and oxygen atoms in total. The number of aryl methyl sites for hydroxylation is 3. The zero-order valence-electron chi connectivity index (χ0n) is 9.80. The Labute approximate surface area is 98.0 Å². The quantitative estimate of drug-likeness (QED) is 0.843. The van der Waals surface area contributed by atoms with Crippen LogP contribution < -0.4 is 0 Å². The first-order valence-electron chi connectivity index (χ1n) is 5.10. The maximum Gasteiger partial charge on any atom is 0.356 e. The minimum Gasteiger partial charge on any atom is -0.476 e. The molecule has 2 rings (SSSR count). The Morgan fingerprint density at radius 2 is 1.94 bits per heavy atom. The number of hydrogen-bond acceptors (Lipinski definition) is 4. The summed E-state index contributed by atoms with van der Waals surface area (Å²) < 4.78 is 1.51. The number of carboxylic acids is 1. The maximum absolute atomic E-state index is 10.8. The van der Waals surface area contributed by atoms with Crippen LogP contribution in [0.2, 0.25) is 0 Å². The van der Waals surface area contributed by atoms with Crippen molar-refractivity contribution in [2.45, 2.75) is 20.8 Å². The number of carbonyl (C=O) groups is 1. The predicted molar refractivity (Wildman–Crippen MR) is 60.3 cm³/mol. The molecule has 0 unspecified atom stereocenters. The molecule has 17 heavy (non-hydrogen) atoms. The minimum absolute atomic E-state index is 0.0106. The number of nitrogens with zero attached hydrogens (tertiary/aromatic N) is 4. The lowest BCUT2D eigenvalue weighted by atomic mass is 10.3. The first kappa shape index (κ1) is 11.3. The van der Waals surface area contributed by atoms with Crippen LogP contribution in [0.1, 0.15) is 27.7 Å². The molecule has 0 radical (unpaired) electrons. The van der Waals surface area contributed by atoms with Crippen molar-refractivity contribution >= 4 is 5.97 Å². The van der Waals surface area contributed by atoms with Crippen molar-refractivity contribution in [2.24, 2.45) is 0 Å². The Kier molecular flexibility index (Phi) is 2.63. The molecule has 0 aliphatic rings. The fraction of sp³-hybridized carbons (Fsp3) is 0.273. The van der Waals surface area contributed by atoms with Crippen LogP contribution >= 0.6 is 0 Å². The molecule has 2 heterocycles. The van der Waals surface area contributed by atoms with E-state index in [4.69, 9.17) is 5.11 Å². The van der Waals surface area contributed by atoms with Gasteiger partial charge >= 0.3 is 5.97 Å². The average Bonchev–Trinajstić information content (AvgIpc) is 2.59. The van der Waals surface area contributed by atoms with Gasteiger partial charge in [-0.25, -0.2) is 19.4 Å². The first-order chi connectivity index (χ1) is 7.97. The zero-order chi connectivity index (χ0) is 12.6. The third-order valence-electron chi connectivity index (χ3n) is 2.28. The van der Waals surface area contributed by atoms with Crippen molar-refractivity contribution < 1.29 is 9.90 Å². The second-order valence-electron chi connectivity index (χ2n) is 3.80. The van der Waals surface area contributed by atoms with Gasteiger partial charge in [0.2, 0.25) is 0 Å². The normalized spacial score (nSPS) is 10.5. The van der Waals surface area contributed by atoms with Crippen molar-refractivity contribution in [1.29, 1.82) is 0 Å². The summed E-state index contributed by atoms with van der Waals surface area (Å²) in [5.41, 5.74) is 1.55. The number of rotatable bonds is 2. The molecule has 1 N–H and O–H groups in total. The van der Waals surface area contributed by atoms with Gasteiger partial charge in [0.05, 0.1) is 0 Å². The van der Waals surface area contributed by atoms with E-state index in [0.29, 0.717) is 11.6 Å². The first-order valence-corrected chi connectivity index (χ1v) is 5.10. The van der Waals surface area contributed by atoms with Crippen LogP contribution in [0.25, 0.3) is 5.82 Å². The molecule has 0 aliphatic carbocycles. The summed E-state index contributed by atoms with van der Waals surface area (Å²) in [7, 11) is 0. The van der Waals surface area contributed by atoms with E-state index < -0.39 is 5.97 Å². The molecule has 0 amide bonds. The minimum atomic E-state index is -1.05. The van der Waals surface area contributed by atoms with Crippen molar-refractivity contribution in [2.75, 3.05) is 0 Å². The van der Waals surface area contributed by atoms with Crippen LogP contribution in [-0.4, -0.2) is 30.8 Å². The van der Waals surface area contributed by atoms with Crippen molar-refractivity contribution in [1.82, 2.24) is 19.7 Å². The van der Waals surface area contributed by atoms with Crippen molar-refractivity contribution in [3.8, 4) is 5.82 Å². The van der Waals surface area contributed by atoms with E-state index in [-0.39, 0.29) is 5.69 Å². The zero-order valence-corrected chi connectivity index (χ0v) is 9.80. The van der Waals surface area contributed by atoms with Gasteiger partial charge in [0.25, 0.3) is 0 Å². The van der Waals surface area contributed by atoms with E-state index in [0.717, 1.165) is 11.4 Å². The van der Waals surface area contributed by atoms with Crippen LogP contribution in [0, 0.1) is 20.8 Å². The Morgan fingerprint density at radius 1 is 1.24 bits per heavy atom. The van der Waals surface area contributed by atoms with Crippen LogP contribution in [0.15, 0.2) is 12.1 Å². The molecular formula is C11H12N4O2. The van der Waals surface area contributed by atoms with E-state index in [1.54, 1.807) is 19.9 Å². The second kappa shape index (κ2) is 3.97. The summed E-state index contributed by atoms with van der Waals surface area (Å²) in [5.74, 6) is 0.168. The highest BCUT2D eigenvalue weighted by molar-refractivity contribution is 5.85. The molecule has 0 fully saturated rings. The Balaban J connectivity index is 2.56. The molecule has 6 heteroatoms. The third kappa shape index (κ3) is 2.15. The molecule has 0 atom stereocenters. The highest BCUT2D eigenvalue weighted by Crippen LogP contribution is 2.11. The number of hydrogen-bond donors (Lipinski definition) is 1. The largest absolute Gasteiger partial charge is 0.476 e. The van der Waals surface area contributed by atoms with Gasteiger partial charge in [-0.3, -0.25) is 0 Å². The van der Waals surface area contributed by atoms with Crippen molar-refractivity contribution in [3.05, 3.63) is 35.0 Å². The topological polar surface area (TPSA) is 80.9 Å². The number of carboxylic acid groups (broad SMARTS) is 1. The van der Waals surface area contributed by atoms with E-state index in [1.165, 1.54) is 10.7 Å². The summed E-state index contributed by atoms with van der Waals surface area (Å²) in [6.07, 6.45) is 0. The molecule has 0 aliphatic heterocycles. The van der Waals surface area contributed by atoms with E-state index >= 15 is 0 Å². The standard InChI is InChI=1S/C11H12N4O2/c1-6-4-10(13-8(3)12-6)15-7(2)5-9(14-15)11(16)17/h4-5H,1-3H3,(H,16,17). The molecule has 0 spiro atoms. The van der Waals surface area contributed by atoms with Gasteiger partial charge in [-0.15, -0.1) is 0 Å². The average molecular weight is 232 g/mol. The summed E-state index contributed by atoms with van der Waals surface area (Å²) >= 11 is 0. The summed E-state index contributed by atoms with van der Waals surface area (Å²) in [4.78, 5) is 19.2. The maximum atomic E-state index is 10.8. The van der Waals surface area contributed by atoms with Gasteiger partial charge in [-0.05, 0) is 26.8 Å². The van der Waals surface area contributed by atoms with Gasteiger partial charge in [-0.1, -0.05) is 0 Å². The van der Waals surface area contributed by atoms with Crippen molar-refractivity contribution in [3.63, 3.8) is 0 Å². The summed E-state index contributed by atoms with van der Waals surface area (Å²) in [6, 6.07) is 3.27. The monoisotopic (exact) mass is 232 g/mol. The lowest BCUT2D eigenvalue weighted by Gasteiger charge is -2.04. The van der Waals surface area contributed by atoms with Gasteiger partial charge < -0.3 is 5.11 Å². The molecular weight excluding hydrogens is 220 g/mol. The molecule has 0 saturated heterocycles. The Bertz CT molecular complexity index is 569. The fourth-order valence-corrected chi connectivity index (χ4v) is 1.62. The lowest BCUT2D eigenvalue weighted by molar-refractivity contribution is 0.0690. The molecule has 0 saturated carbocycles. The predicted octanol–water partition coefficient (Wildman–Crippen LogP) is 1.29. The van der Waals surface area contributed by atoms with Crippen LogP contribution in [-0.2, 0) is 0 Å². The summed E-state index contributed by atoms with van der Waals surface area (Å²) in [5, 5.41) is 12.9. The van der Waals surface area contributed by atoms with Crippen LogP contribution in [0.5, 0.6) is 0 Å². The highest BCUT2D eigenvalue weighted by atomic mass is 16.4. The number of aromatic carboxylic acids is 1. The third-order valence-corrected chi connectivity index (χ3v) is 2.28. The van der Waals surface area contributed by atoms with E-state index in [2.05, 4.69) is 15.1 Å². The molecule has 88 valence electrons. The fourth-order valence-electron chi connectivity index (χ4n) is 1.62. The Morgan fingerprint density at radius 3 is 2.47 bits per heavy atom. The van der Waals surface area contributed by atoms with Gasteiger partial charge in [0, 0.05) is 17.5 Å². The Hall–Kier alpha value is -2.24. The van der Waals surface area contributed by atoms with Gasteiger partial charge in [0.1, 0.15) is 5.82 Å². The molecule has 0 bridgehead atoms. The van der Waals surface area contributed by atoms with Crippen LogP contribution in [0.3, 0.4) is 0 Å². The molecule has 2 aromatic rings. The lowest BCUT2D eigenvalue weighted by Crippen LogP contribution is -2.06. The molecule has 2 aromatic heterocycles.